The first-order valence-corrected chi connectivity index (χ1v) is 15.4. The van der Waals surface area contributed by atoms with E-state index in [1.807, 2.05) is 48.5 Å². The van der Waals surface area contributed by atoms with Crippen LogP contribution in [-0.4, -0.2) is 18.7 Å². The second kappa shape index (κ2) is 10.8. The molecule has 2 aromatic carbocycles. The van der Waals surface area contributed by atoms with Gasteiger partial charge in [0.25, 0.3) is 0 Å². The minimum absolute atomic E-state index is 0.0821. The van der Waals surface area contributed by atoms with Crippen molar-refractivity contribution in [1.29, 1.82) is 5.26 Å². The molecule has 0 saturated heterocycles. The molecule has 2 aliphatic carbocycles. The van der Waals surface area contributed by atoms with E-state index in [1.54, 1.807) is 18.4 Å². The highest BCUT2D eigenvalue weighted by atomic mass is 32.1. The van der Waals surface area contributed by atoms with Crippen molar-refractivity contribution in [2.24, 2.45) is 10.7 Å². The number of carbonyl (C=O) groups is 1. The summed E-state index contributed by atoms with van der Waals surface area (Å²) in [4.78, 5) is 22.1. The number of rotatable bonds is 5. The van der Waals surface area contributed by atoms with Gasteiger partial charge in [-0.1, -0.05) is 42.8 Å². The number of Topliss-reactive ketones (excluding diaryl/α,β-unsaturated/α-hetero) is 1. The number of anilines is 1. The minimum atomic E-state index is -0.558. The van der Waals surface area contributed by atoms with Gasteiger partial charge in [0.2, 0.25) is 0 Å². The third-order valence-electron chi connectivity index (χ3n) is 8.70. The van der Waals surface area contributed by atoms with Gasteiger partial charge in [0, 0.05) is 22.6 Å². The van der Waals surface area contributed by atoms with Crippen LogP contribution in [0.2, 0.25) is 0 Å². The Morgan fingerprint density at radius 3 is 2.69 bits per heavy atom. The van der Waals surface area contributed by atoms with E-state index in [0.29, 0.717) is 47.3 Å². The summed E-state index contributed by atoms with van der Waals surface area (Å²) in [6, 6.07) is 18.1. The lowest BCUT2D eigenvalue weighted by atomic mass is 9.75. The van der Waals surface area contributed by atoms with E-state index in [0.717, 1.165) is 65.9 Å². The molecule has 0 spiro atoms. The van der Waals surface area contributed by atoms with E-state index in [1.165, 1.54) is 16.9 Å². The van der Waals surface area contributed by atoms with E-state index in [-0.39, 0.29) is 5.78 Å². The predicted molar refractivity (Wildman–Crippen MR) is 164 cm³/mol. The van der Waals surface area contributed by atoms with Crippen molar-refractivity contribution in [3.8, 4) is 17.6 Å². The van der Waals surface area contributed by atoms with Crippen LogP contribution in [0.3, 0.4) is 0 Å². The third kappa shape index (κ3) is 4.31. The zero-order chi connectivity index (χ0) is 28.8. The number of nitrogens with two attached hydrogens (primary N) is 1. The van der Waals surface area contributed by atoms with Crippen LogP contribution in [0, 0.1) is 11.3 Å². The van der Waals surface area contributed by atoms with Crippen LogP contribution in [0.4, 0.5) is 5.00 Å². The zero-order valence-electron chi connectivity index (χ0n) is 23.6. The molecule has 2 N–H and O–H groups in total. The van der Waals surface area contributed by atoms with Gasteiger partial charge < -0.3 is 15.2 Å². The smallest absolute Gasteiger partial charge is 0.161 e. The van der Waals surface area contributed by atoms with Gasteiger partial charge in [0.1, 0.15) is 17.4 Å². The first-order valence-electron chi connectivity index (χ1n) is 14.6. The lowest BCUT2D eigenvalue weighted by Gasteiger charge is -2.41. The average molecular weight is 577 g/mol. The number of thiophene rings is 1. The summed E-state index contributed by atoms with van der Waals surface area (Å²) in [6.45, 7) is 0.400. The Labute approximate surface area is 249 Å². The van der Waals surface area contributed by atoms with Crippen LogP contribution in [0.5, 0.6) is 11.5 Å². The highest BCUT2D eigenvalue weighted by Gasteiger charge is 2.44. The number of hydrogen-bond acceptors (Lipinski definition) is 8. The van der Waals surface area contributed by atoms with Gasteiger partial charge in [-0.2, -0.15) is 5.26 Å². The largest absolute Gasteiger partial charge is 0.493 e. The number of carbonyl (C=O) groups excluding carboxylic acids is 1. The van der Waals surface area contributed by atoms with E-state index < -0.39 is 5.92 Å². The number of ether oxygens (including phenoxy) is 2. The molecule has 2 aliphatic heterocycles. The third-order valence-corrected chi connectivity index (χ3v) is 9.97. The number of nitrogens with zero attached hydrogens (tertiary/aromatic N) is 3. The molecule has 1 atom stereocenters. The Morgan fingerprint density at radius 2 is 1.88 bits per heavy atom. The molecule has 212 valence electrons. The van der Waals surface area contributed by atoms with Crippen LogP contribution >= 0.6 is 11.3 Å². The minimum Gasteiger partial charge on any atom is -0.493 e. The summed E-state index contributed by atoms with van der Waals surface area (Å²) in [6.07, 6.45) is 7.51. The van der Waals surface area contributed by atoms with Gasteiger partial charge >= 0.3 is 0 Å². The molecule has 0 saturated carbocycles. The Balaban J connectivity index is 1.35. The van der Waals surface area contributed by atoms with E-state index >= 15 is 0 Å². The summed E-state index contributed by atoms with van der Waals surface area (Å²) in [5.74, 6) is 1.68. The number of hydrogen-bond donors (Lipinski definition) is 1. The lowest BCUT2D eigenvalue weighted by molar-refractivity contribution is -0.116. The number of methoxy groups -OCH3 is 1. The second-order valence-corrected chi connectivity index (χ2v) is 12.3. The van der Waals surface area contributed by atoms with E-state index in [9.17, 15) is 10.1 Å². The number of benzene rings is 2. The quantitative estimate of drug-likeness (QED) is 0.341. The van der Waals surface area contributed by atoms with Crippen molar-refractivity contribution in [3.05, 3.63) is 98.3 Å². The number of allylic oxidation sites excluding steroid dienone is 3. The number of aliphatic imine (C=N–C) groups is 1. The molecule has 3 aromatic rings. The van der Waals surface area contributed by atoms with Crippen LogP contribution in [-0.2, 0) is 24.2 Å². The maximum Gasteiger partial charge on any atom is 0.161 e. The molecule has 0 fully saturated rings. The predicted octanol–water partition coefficient (Wildman–Crippen LogP) is 6.67. The molecule has 7 rings (SSSR count). The van der Waals surface area contributed by atoms with Crippen LogP contribution < -0.4 is 20.1 Å². The fourth-order valence-corrected chi connectivity index (χ4v) is 8.17. The molecule has 1 aromatic heterocycles. The molecule has 0 amide bonds. The summed E-state index contributed by atoms with van der Waals surface area (Å²) < 4.78 is 11.8. The molecule has 0 radical (unpaired) electrons. The van der Waals surface area contributed by atoms with Gasteiger partial charge in [-0.15, -0.1) is 11.3 Å². The van der Waals surface area contributed by atoms with Crippen molar-refractivity contribution in [2.45, 2.75) is 63.9 Å². The van der Waals surface area contributed by atoms with Crippen LogP contribution in [0.25, 0.3) is 0 Å². The van der Waals surface area contributed by atoms with Crippen molar-refractivity contribution < 1.29 is 14.3 Å². The molecule has 42 heavy (non-hydrogen) atoms. The van der Waals surface area contributed by atoms with Crippen molar-refractivity contribution >= 4 is 28.0 Å². The fourth-order valence-electron chi connectivity index (χ4n) is 6.74. The average Bonchev–Trinajstić information content (AvgIpc) is 3.23. The summed E-state index contributed by atoms with van der Waals surface area (Å²) in [7, 11) is 1.60. The normalized spacial score (nSPS) is 19.6. The number of fused-ring (bicyclic) bond motifs is 6. The molecular formula is C34H32N4O3S. The van der Waals surface area contributed by atoms with Crippen molar-refractivity contribution in [3.63, 3.8) is 0 Å². The lowest BCUT2D eigenvalue weighted by Crippen LogP contribution is -2.38. The highest BCUT2D eigenvalue weighted by molar-refractivity contribution is 7.17. The summed E-state index contributed by atoms with van der Waals surface area (Å²) in [5.41, 5.74) is 12.9. The van der Waals surface area contributed by atoms with Crippen molar-refractivity contribution in [2.75, 3.05) is 12.0 Å². The van der Waals surface area contributed by atoms with E-state index in [4.69, 9.17) is 20.2 Å². The maximum atomic E-state index is 13.7. The molecule has 0 unspecified atom stereocenters. The standard InChI is InChI=1S/C34H32N4O3S/c1-40-27-17-21(15-16-26(27)41-19-20-9-4-2-5-10-20)29-23(18-35)33-37-32(36)30-22-11-6-3-7-14-28(22)42-34(30)38(33)24-12-8-13-25(39)31(24)29/h2,4-5,9-10,15-17,29H,3,6-8,11-14,19H2,1H3,(H2,36,37)/t29-/m0/s1. The maximum absolute atomic E-state index is 13.7. The van der Waals surface area contributed by atoms with Gasteiger partial charge in [-0.3, -0.25) is 9.69 Å². The number of aryl methyl sites for hydroxylation is 1. The summed E-state index contributed by atoms with van der Waals surface area (Å²) >= 11 is 1.76. The molecule has 4 aliphatic rings. The monoisotopic (exact) mass is 576 g/mol. The summed E-state index contributed by atoms with van der Waals surface area (Å²) in [5, 5.41) is 11.6. The van der Waals surface area contributed by atoms with Gasteiger partial charge in [0.15, 0.2) is 23.1 Å². The topological polar surface area (TPSA) is 101 Å². The van der Waals surface area contributed by atoms with Crippen LogP contribution in [0.1, 0.15) is 71.6 Å². The fraction of sp³-hybridized carbons (Fsp3) is 0.324. The van der Waals surface area contributed by atoms with E-state index in [2.05, 4.69) is 11.0 Å². The molecule has 7 nitrogen and oxygen atoms in total. The molecule has 0 bridgehead atoms. The molecule has 3 heterocycles. The first-order chi connectivity index (χ1) is 20.6. The van der Waals surface area contributed by atoms with Gasteiger partial charge in [0.05, 0.1) is 30.2 Å². The Hall–Kier alpha value is -4.35. The Morgan fingerprint density at radius 1 is 1.05 bits per heavy atom. The number of ketones is 1. The highest BCUT2D eigenvalue weighted by Crippen LogP contribution is 2.53. The van der Waals surface area contributed by atoms with Gasteiger partial charge in [-0.25, -0.2) is 4.99 Å². The van der Waals surface area contributed by atoms with Crippen molar-refractivity contribution in [1.82, 2.24) is 0 Å². The van der Waals surface area contributed by atoms with Crippen LogP contribution in [0.15, 0.2) is 76.2 Å². The zero-order valence-corrected chi connectivity index (χ0v) is 24.4. The molecular weight excluding hydrogens is 544 g/mol. The number of nitriles is 1. The first kappa shape index (κ1) is 26.5. The molecule has 8 heteroatoms. The van der Waals surface area contributed by atoms with Gasteiger partial charge in [-0.05, 0) is 67.3 Å². The SMILES string of the molecule is COc1cc([C@H]2C(C#N)=C3N=C(N)c4c(sc5c4CCCCC5)N3C3=C2C(=O)CCC3)ccc1OCc1ccccc1. The number of amidine groups is 1. The Kier molecular flexibility index (Phi) is 6.83. The second-order valence-electron chi connectivity index (χ2n) is 11.2. The Bertz CT molecular complexity index is 1730.